The maximum atomic E-state index is 6.17. The van der Waals surface area contributed by atoms with Gasteiger partial charge in [-0.2, -0.15) is 15.0 Å². The van der Waals surface area contributed by atoms with E-state index in [2.05, 4.69) is 44.0 Å². The van der Waals surface area contributed by atoms with Crippen LogP contribution in [0.1, 0.15) is 19.2 Å². The number of hydrogen-bond acceptors (Lipinski definition) is 10. The number of ether oxygens (including phenoxy) is 3. The molecule has 3 aromatic rings. The second-order valence-corrected chi connectivity index (χ2v) is 9.55. The van der Waals surface area contributed by atoms with Crippen molar-refractivity contribution in [1.29, 1.82) is 0 Å². The molecule has 5 rings (SSSR count). The van der Waals surface area contributed by atoms with Crippen LogP contribution in [-0.2, 0) is 11.2 Å². The highest BCUT2D eigenvalue weighted by Gasteiger charge is 2.19. The number of aryl methyl sites for hydroxylation is 1. The minimum atomic E-state index is 0.535. The molecule has 37 heavy (non-hydrogen) atoms. The van der Waals surface area contributed by atoms with Crippen LogP contribution in [0.3, 0.4) is 0 Å². The summed E-state index contributed by atoms with van der Waals surface area (Å²) in [6.45, 7) is 11.1. The molecule has 2 saturated heterocycles. The van der Waals surface area contributed by atoms with Gasteiger partial charge in [0.25, 0.3) is 0 Å². The van der Waals surface area contributed by atoms with Gasteiger partial charge in [-0.15, -0.1) is 0 Å². The average molecular weight is 511 g/mol. The van der Waals surface area contributed by atoms with E-state index >= 15 is 0 Å². The number of morpholine rings is 1. The van der Waals surface area contributed by atoms with E-state index < -0.39 is 0 Å². The molecule has 2 aliphatic rings. The van der Waals surface area contributed by atoms with E-state index in [9.17, 15) is 0 Å². The van der Waals surface area contributed by atoms with Crippen LogP contribution in [0.15, 0.2) is 18.3 Å². The Kier molecular flexibility index (Phi) is 8.22. The summed E-state index contributed by atoms with van der Waals surface area (Å²) in [6.07, 6.45) is 3.63. The SMILES string of the molecule is CCc1nc(Nc2[nH]cc3cc(OC)c(OCCCN4CCOCC4)cc23)nc(N2CCN(C)CC2)n1. The molecule has 11 heteroatoms. The van der Waals surface area contributed by atoms with Crippen molar-refractivity contribution in [2.45, 2.75) is 19.8 Å². The Balaban J connectivity index is 1.31. The largest absolute Gasteiger partial charge is 0.493 e. The number of aromatic nitrogens is 4. The van der Waals surface area contributed by atoms with Gasteiger partial charge < -0.3 is 34.3 Å². The topological polar surface area (TPSA) is 104 Å². The highest BCUT2D eigenvalue weighted by molar-refractivity contribution is 5.96. The molecule has 0 radical (unpaired) electrons. The molecular formula is C26H38N8O3. The number of benzene rings is 1. The Morgan fingerprint density at radius 3 is 2.59 bits per heavy atom. The van der Waals surface area contributed by atoms with Gasteiger partial charge in [0.2, 0.25) is 11.9 Å². The molecule has 1 aromatic carbocycles. The summed E-state index contributed by atoms with van der Waals surface area (Å²) >= 11 is 0. The van der Waals surface area contributed by atoms with Crippen molar-refractivity contribution in [2.75, 3.05) is 90.0 Å². The molecule has 2 aliphatic heterocycles. The maximum Gasteiger partial charge on any atom is 0.233 e. The van der Waals surface area contributed by atoms with Crippen LogP contribution in [-0.4, -0.2) is 110 Å². The van der Waals surface area contributed by atoms with Gasteiger partial charge in [-0.05, 0) is 25.6 Å². The number of fused-ring (bicyclic) bond motifs is 1. The van der Waals surface area contributed by atoms with Crippen LogP contribution in [0.25, 0.3) is 10.8 Å². The number of H-pyrrole nitrogens is 1. The molecule has 0 unspecified atom stereocenters. The van der Waals surface area contributed by atoms with Crippen molar-refractivity contribution in [2.24, 2.45) is 0 Å². The number of nitrogens with one attached hydrogen (secondary N) is 2. The molecule has 0 bridgehead atoms. The smallest absolute Gasteiger partial charge is 0.233 e. The lowest BCUT2D eigenvalue weighted by molar-refractivity contribution is 0.0357. The third-order valence-corrected chi connectivity index (χ3v) is 6.97. The van der Waals surface area contributed by atoms with Crippen LogP contribution in [0.5, 0.6) is 11.5 Å². The molecular weight excluding hydrogens is 472 g/mol. The first-order chi connectivity index (χ1) is 18.1. The van der Waals surface area contributed by atoms with E-state index in [1.54, 1.807) is 7.11 Å². The summed E-state index contributed by atoms with van der Waals surface area (Å²) in [6, 6.07) is 4.01. The molecule has 11 nitrogen and oxygen atoms in total. The molecule has 2 aromatic heterocycles. The van der Waals surface area contributed by atoms with Crippen LogP contribution in [0.2, 0.25) is 0 Å². The zero-order valence-electron chi connectivity index (χ0n) is 22.1. The fourth-order valence-corrected chi connectivity index (χ4v) is 4.69. The van der Waals surface area contributed by atoms with E-state index in [1.165, 1.54) is 0 Å². The zero-order valence-corrected chi connectivity index (χ0v) is 22.1. The number of likely N-dealkylation sites (N-methyl/N-ethyl adjacent to an activating group) is 1. The predicted octanol–water partition coefficient (Wildman–Crippen LogP) is 2.52. The minimum Gasteiger partial charge on any atom is -0.493 e. The Morgan fingerprint density at radius 2 is 1.84 bits per heavy atom. The van der Waals surface area contributed by atoms with Gasteiger partial charge in [0.05, 0.1) is 26.9 Å². The first-order valence-electron chi connectivity index (χ1n) is 13.2. The van der Waals surface area contributed by atoms with E-state index in [0.717, 1.165) is 112 Å². The number of rotatable bonds is 10. The van der Waals surface area contributed by atoms with Crippen LogP contribution in [0.4, 0.5) is 17.7 Å². The van der Waals surface area contributed by atoms with Crippen LogP contribution in [0, 0.1) is 0 Å². The quantitative estimate of drug-likeness (QED) is 0.396. The van der Waals surface area contributed by atoms with Gasteiger partial charge >= 0.3 is 0 Å². The molecule has 0 spiro atoms. The summed E-state index contributed by atoms with van der Waals surface area (Å²) in [5.74, 6) is 4.29. The maximum absolute atomic E-state index is 6.17. The second-order valence-electron chi connectivity index (χ2n) is 9.55. The fraction of sp³-hybridized carbons (Fsp3) is 0.577. The number of nitrogens with zero attached hydrogens (tertiary/aromatic N) is 6. The van der Waals surface area contributed by atoms with E-state index in [-0.39, 0.29) is 0 Å². The van der Waals surface area contributed by atoms with E-state index in [0.29, 0.717) is 12.6 Å². The first-order valence-corrected chi connectivity index (χ1v) is 13.2. The van der Waals surface area contributed by atoms with Gasteiger partial charge in [-0.25, -0.2) is 0 Å². The summed E-state index contributed by atoms with van der Waals surface area (Å²) in [5.41, 5.74) is 0. The second kappa shape index (κ2) is 11.9. The van der Waals surface area contributed by atoms with Crippen LogP contribution < -0.4 is 19.7 Å². The molecule has 2 fully saturated rings. The van der Waals surface area contributed by atoms with Gasteiger partial charge in [-0.3, -0.25) is 4.90 Å². The Hall–Kier alpha value is -3.15. The molecule has 0 atom stereocenters. The molecule has 2 N–H and O–H groups in total. The normalized spacial score (nSPS) is 17.3. The van der Waals surface area contributed by atoms with Crippen molar-refractivity contribution >= 4 is 28.5 Å². The van der Waals surface area contributed by atoms with Crippen molar-refractivity contribution in [1.82, 2.24) is 29.7 Å². The standard InChI is InChI=1S/C26H38N8O3/c1-4-23-28-25(31-26(29-23)34-9-7-32(2)8-10-34)30-24-20-17-22(21(35-3)16-19(20)18-27-24)37-13-5-6-33-11-14-36-15-12-33/h16-18,27H,4-15H2,1-3H3,(H,28,29,30,31). The van der Waals surface area contributed by atoms with Crippen molar-refractivity contribution in [3.8, 4) is 11.5 Å². The molecule has 0 aliphatic carbocycles. The van der Waals surface area contributed by atoms with Crippen LogP contribution >= 0.6 is 0 Å². The van der Waals surface area contributed by atoms with E-state index in [4.69, 9.17) is 24.2 Å². The third kappa shape index (κ3) is 6.23. The monoisotopic (exact) mass is 510 g/mol. The summed E-state index contributed by atoms with van der Waals surface area (Å²) < 4.78 is 17.2. The third-order valence-electron chi connectivity index (χ3n) is 6.97. The highest BCUT2D eigenvalue weighted by atomic mass is 16.5. The molecule has 200 valence electrons. The zero-order chi connectivity index (χ0) is 25.6. The van der Waals surface area contributed by atoms with E-state index in [1.807, 2.05) is 18.3 Å². The van der Waals surface area contributed by atoms with Crippen molar-refractivity contribution < 1.29 is 14.2 Å². The first kappa shape index (κ1) is 25.5. The number of aromatic amines is 1. The number of piperazine rings is 1. The summed E-state index contributed by atoms with van der Waals surface area (Å²) in [5, 5.41) is 5.40. The van der Waals surface area contributed by atoms with Gasteiger partial charge in [0.1, 0.15) is 11.6 Å². The molecule has 0 saturated carbocycles. The number of methoxy groups -OCH3 is 1. The van der Waals surface area contributed by atoms with Gasteiger partial charge in [0.15, 0.2) is 11.5 Å². The summed E-state index contributed by atoms with van der Waals surface area (Å²) in [4.78, 5) is 24.4. The molecule has 0 amide bonds. The predicted molar refractivity (Wildman–Crippen MR) is 144 cm³/mol. The van der Waals surface area contributed by atoms with Crippen molar-refractivity contribution in [3.05, 3.63) is 24.2 Å². The number of anilines is 3. The summed E-state index contributed by atoms with van der Waals surface area (Å²) in [7, 11) is 3.81. The molecule has 4 heterocycles. The lowest BCUT2D eigenvalue weighted by Gasteiger charge is -2.32. The lowest BCUT2D eigenvalue weighted by atomic mass is 10.2. The Morgan fingerprint density at radius 1 is 1.03 bits per heavy atom. The Labute approximate surface area is 218 Å². The fourth-order valence-electron chi connectivity index (χ4n) is 4.69. The van der Waals surface area contributed by atoms with Crippen molar-refractivity contribution in [3.63, 3.8) is 0 Å². The van der Waals surface area contributed by atoms with Gasteiger partial charge in [-0.1, -0.05) is 6.92 Å². The average Bonchev–Trinajstić information content (AvgIpc) is 3.32. The number of hydrogen-bond donors (Lipinski definition) is 2. The lowest BCUT2D eigenvalue weighted by Crippen LogP contribution is -2.45. The highest BCUT2D eigenvalue weighted by Crippen LogP contribution is 2.36. The Bertz CT molecular complexity index is 1170. The van der Waals surface area contributed by atoms with Gasteiger partial charge in [0, 0.05) is 69.2 Å². The minimum absolute atomic E-state index is 0.535.